The molecule has 0 bridgehead atoms. The van der Waals surface area contributed by atoms with E-state index >= 15 is 0 Å². The fourth-order valence-electron chi connectivity index (χ4n) is 2.29. The number of ether oxygens (including phenoxy) is 1. The second-order valence-corrected chi connectivity index (χ2v) is 6.59. The first-order valence-corrected chi connectivity index (χ1v) is 7.34. The Labute approximate surface area is 126 Å². The summed E-state index contributed by atoms with van der Waals surface area (Å²) < 4.78 is 4.74. The van der Waals surface area contributed by atoms with Crippen LogP contribution in [0.4, 0.5) is 0 Å². The Hall–Kier alpha value is -1.59. The first-order chi connectivity index (χ1) is 9.66. The molecule has 2 atom stereocenters. The Morgan fingerprint density at radius 1 is 1.29 bits per heavy atom. The lowest BCUT2D eigenvalue weighted by Crippen LogP contribution is -2.52. The molecule has 120 valence electrons. The molecule has 6 heteroatoms. The average Bonchev–Trinajstić information content (AvgIpc) is 2.44. The summed E-state index contributed by atoms with van der Waals surface area (Å²) in [4.78, 5) is 37.5. The standard InChI is InChI=1S/C15H26N2O4/c1-10(16-14(20)15(2,3)4)12(18)17-8-6-7-11(9-17)13(19)21-5/h10-11H,6-9H2,1-5H3,(H,16,20)/t10?,11-/m0/s1. The van der Waals surface area contributed by atoms with Crippen molar-refractivity contribution in [3.63, 3.8) is 0 Å². The van der Waals surface area contributed by atoms with E-state index in [4.69, 9.17) is 4.74 Å². The van der Waals surface area contributed by atoms with Crippen molar-refractivity contribution in [3.8, 4) is 0 Å². The van der Waals surface area contributed by atoms with Crippen LogP contribution in [0, 0.1) is 11.3 Å². The zero-order valence-electron chi connectivity index (χ0n) is 13.6. The van der Waals surface area contributed by atoms with E-state index in [0.717, 1.165) is 12.8 Å². The van der Waals surface area contributed by atoms with Gasteiger partial charge in [0.25, 0.3) is 0 Å². The molecule has 0 saturated carbocycles. The average molecular weight is 298 g/mol. The van der Waals surface area contributed by atoms with E-state index in [2.05, 4.69) is 5.32 Å². The van der Waals surface area contributed by atoms with Crippen LogP contribution in [0.25, 0.3) is 0 Å². The third-order valence-corrected chi connectivity index (χ3v) is 3.67. The molecule has 2 amide bonds. The fraction of sp³-hybridized carbons (Fsp3) is 0.800. The van der Waals surface area contributed by atoms with Gasteiger partial charge in [-0.2, -0.15) is 0 Å². The maximum Gasteiger partial charge on any atom is 0.310 e. The maximum atomic E-state index is 12.4. The molecule has 0 aromatic rings. The van der Waals surface area contributed by atoms with Crippen molar-refractivity contribution in [2.75, 3.05) is 20.2 Å². The van der Waals surface area contributed by atoms with Gasteiger partial charge in [0.15, 0.2) is 0 Å². The number of rotatable bonds is 3. The molecule has 0 aromatic carbocycles. The van der Waals surface area contributed by atoms with E-state index in [1.165, 1.54) is 7.11 Å². The van der Waals surface area contributed by atoms with Gasteiger partial charge in [-0.05, 0) is 19.8 Å². The predicted molar refractivity (Wildman–Crippen MR) is 78.4 cm³/mol. The van der Waals surface area contributed by atoms with Crippen LogP contribution in [0.3, 0.4) is 0 Å². The van der Waals surface area contributed by atoms with Crippen molar-refractivity contribution in [3.05, 3.63) is 0 Å². The number of amides is 2. The fourth-order valence-corrected chi connectivity index (χ4v) is 2.29. The lowest BCUT2D eigenvalue weighted by atomic mass is 9.95. The Balaban J connectivity index is 2.61. The van der Waals surface area contributed by atoms with Gasteiger partial charge in [-0.15, -0.1) is 0 Å². The maximum absolute atomic E-state index is 12.4. The molecule has 6 nitrogen and oxygen atoms in total. The lowest BCUT2D eigenvalue weighted by molar-refractivity contribution is -0.149. The minimum Gasteiger partial charge on any atom is -0.469 e. The molecular weight excluding hydrogens is 272 g/mol. The Bertz CT molecular complexity index is 414. The number of nitrogens with zero attached hydrogens (tertiary/aromatic N) is 1. The molecule has 1 heterocycles. The van der Waals surface area contributed by atoms with Gasteiger partial charge in [0, 0.05) is 18.5 Å². The predicted octanol–water partition coefficient (Wildman–Crippen LogP) is 0.949. The van der Waals surface area contributed by atoms with E-state index < -0.39 is 11.5 Å². The SMILES string of the molecule is COC(=O)[C@H]1CCCN(C(=O)C(C)NC(=O)C(C)(C)C)C1. The summed E-state index contributed by atoms with van der Waals surface area (Å²) in [6.07, 6.45) is 1.50. The van der Waals surface area contributed by atoms with Crippen molar-refractivity contribution in [1.82, 2.24) is 10.2 Å². The lowest BCUT2D eigenvalue weighted by Gasteiger charge is -2.33. The van der Waals surface area contributed by atoms with Gasteiger partial charge >= 0.3 is 5.97 Å². The summed E-state index contributed by atoms with van der Waals surface area (Å²) in [5, 5.41) is 2.73. The second-order valence-electron chi connectivity index (χ2n) is 6.59. The molecule has 1 aliphatic heterocycles. The van der Waals surface area contributed by atoms with Crippen LogP contribution in [0.15, 0.2) is 0 Å². The molecule has 1 N–H and O–H groups in total. The van der Waals surface area contributed by atoms with Crippen LogP contribution in [-0.4, -0.2) is 48.9 Å². The molecule has 21 heavy (non-hydrogen) atoms. The van der Waals surface area contributed by atoms with E-state index in [-0.39, 0.29) is 23.7 Å². The molecule has 0 aromatic heterocycles. The summed E-state index contributed by atoms with van der Waals surface area (Å²) in [5.41, 5.74) is -0.537. The van der Waals surface area contributed by atoms with E-state index in [9.17, 15) is 14.4 Å². The minimum absolute atomic E-state index is 0.152. The third kappa shape index (κ3) is 4.72. The normalized spacial score (nSPS) is 20.6. The molecule has 1 unspecified atom stereocenters. The monoisotopic (exact) mass is 298 g/mol. The topological polar surface area (TPSA) is 75.7 Å². The van der Waals surface area contributed by atoms with Crippen molar-refractivity contribution in [1.29, 1.82) is 0 Å². The Morgan fingerprint density at radius 2 is 1.90 bits per heavy atom. The third-order valence-electron chi connectivity index (χ3n) is 3.67. The van der Waals surface area contributed by atoms with Crippen LogP contribution >= 0.6 is 0 Å². The van der Waals surface area contributed by atoms with Gasteiger partial charge in [0.1, 0.15) is 6.04 Å². The number of likely N-dealkylation sites (tertiary alicyclic amines) is 1. The summed E-state index contributed by atoms with van der Waals surface area (Å²) >= 11 is 0. The second kappa shape index (κ2) is 6.91. The van der Waals surface area contributed by atoms with E-state index in [1.54, 1.807) is 32.6 Å². The number of piperidine rings is 1. The Kier molecular flexibility index (Phi) is 5.75. The smallest absolute Gasteiger partial charge is 0.310 e. The van der Waals surface area contributed by atoms with Gasteiger partial charge < -0.3 is 15.0 Å². The van der Waals surface area contributed by atoms with E-state index in [0.29, 0.717) is 13.1 Å². The largest absolute Gasteiger partial charge is 0.469 e. The number of esters is 1. The minimum atomic E-state index is -0.590. The Morgan fingerprint density at radius 3 is 2.43 bits per heavy atom. The zero-order chi connectivity index (χ0) is 16.2. The number of methoxy groups -OCH3 is 1. The molecule has 1 fully saturated rings. The molecular formula is C15H26N2O4. The summed E-state index contributed by atoms with van der Waals surface area (Å²) in [6, 6.07) is -0.590. The summed E-state index contributed by atoms with van der Waals surface area (Å²) in [6.45, 7) is 8.05. The van der Waals surface area contributed by atoms with Crippen LogP contribution in [0.2, 0.25) is 0 Å². The van der Waals surface area contributed by atoms with Gasteiger partial charge in [0.2, 0.25) is 11.8 Å². The van der Waals surface area contributed by atoms with Gasteiger partial charge in [0.05, 0.1) is 13.0 Å². The first-order valence-electron chi connectivity index (χ1n) is 7.34. The number of carbonyl (C=O) groups excluding carboxylic acids is 3. The van der Waals surface area contributed by atoms with Crippen molar-refractivity contribution in [2.24, 2.45) is 11.3 Å². The van der Waals surface area contributed by atoms with Crippen LogP contribution in [0.5, 0.6) is 0 Å². The van der Waals surface area contributed by atoms with Crippen LogP contribution < -0.4 is 5.32 Å². The highest BCUT2D eigenvalue weighted by Crippen LogP contribution is 2.19. The van der Waals surface area contributed by atoms with Crippen LogP contribution in [-0.2, 0) is 19.1 Å². The molecule has 1 rings (SSSR count). The summed E-state index contributed by atoms with van der Waals surface area (Å²) in [7, 11) is 1.36. The van der Waals surface area contributed by atoms with Gasteiger partial charge in [-0.3, -0.25) is 14.4 Å². The number of hydrogen-bond donors (Lipinski definition) is 1. The first kappa shape index (κ1) is 17.5. The molecule has 0 radical (unpaired) electrons. The number of carbonyl (C=O) groups is 3. The highest BCUT2D eigenvalue weighted by atomic mass is 16.5. The molecule has 0 aliphatic carbocycles. The van der Waals surface area contributed by atoms with Crippen molar-refractivity contribution >= 4 is 17.8 Å². The highest BCUT2D eigenvalue weighted by molar-refractivity contribution is 5.89. The number of hydrogen-bond acceptors (Lipinski definition) is 4. The van der Waals surface area contributed by atoms with Gasteiger partial charge in [-0.1, -0.05) is 20.8 Å². The quantitative estimate of drug-likeness (QED) is 0.787. The van der Waals surface area contributed by atoms with Gasteiger partial charge in [-0.25, -0.2) is 0 Å². The van der Waals surface area contributed by atoms with Crippen LogP contribution in [0.1, 0.15) is 40.5 Å². The van der Waals surface area contributed by atoms with Crippen molar-refractivity contribution < 1.29 is 19.1 Å². The molecule has 1 saturated heterocycles. The molecule has 1 aliphatic rings. The number of nitrogens with one attached hydrogen (secondary N) is 1. The van der Waals surface area contributed by atoms with Crippen molar-refractivity contribution in [2.45, 2.75) is 46.6 Å². The molecule has 0 spiro atoms. The van der Waals surface area contributed by atoms with E-state index in [1.807, 2.05) is 0 Å². The highest BCUT2D eigenvalue weighted by Gasteiger charge is 2.32. The summed E-state index contributed by atoms with van der Waals surface area (Å²) in [5.74, 6) is -0.858. The zero-order valence-corrected chi connectivity index (χ0v) is 13.6.